The average molecular weight is 293 g/mol. The highest BCUT2D eigenvalue weighted by atomic mass is 16.5. The zero-order valence-corrected chi connectivity index (χ0v) is 13.0. The van der Waals surface area contributed by atoms with Crippen molar-refractivity contribution in [2.75, 3.05) is 46.1 Å². The molecular weight excluding hydrogens is 266 g/mol. The van der Waals surface area contributed by atoms with Crippen LogP contribution in [0.2, 0.25) is 0 Å². The molecule has 2 unspecified atom stereocenters. The third-order valence-electron chi connectivity index (χ3n) is 3.82. The normalized spacial score (nSPS) is 22.9. The number of aliphatic hydroxyl groups is 1. The number of hydrogen-bond donors (Lipinski definition) is 2. The number of rotatable bonds is 7. The van der Waals surface area contributed by atoms with Gasteiger partial charge in [0.1, 0.15) is 5.75 Å². The first-order valence-electron chi connectivity index (χ1n) is 7.60. The number of benzene rings is 1. The van der Waals surface area contributed by atoms with E-state index in [-0.39, 0.29) is 6.10 Å². The second kappa shape index (κ2) is 7.64. The number of likely N-dealkylation sites (tertiary alicyclic amines) is 1. The van der Waals surface area contributed by atoms with Crippen LogP contribution in [0.15, 0.2) is 24.3 Å². The molecule has 2 rings (SSSR count). The lowest BCUT2D eigenvalue weighted by atomic mass is 10.2. The lowest BCUT2D eigenvalue weighted by Crippen LogP contribution is -2.38. The van der Waals surface area contributed by atoms with Crippen molar-refractivity contribution in [2.24, 2.45) is 0 Å². The van der Waals surface area contributed by atoms with Gasteiger partial charge < -0.3 is 20.5 Å². The van der Waals surface area contributed by atoms with Crippen LogP contribution < -0.4 is 10.5 Å². The van der Waals surface area contributed by atoms with Crippen molar-refractivity contribution in [3.8, 4) is 5.75 Å². The van der Waals surface area contributed by atoms with E-state index < -0.39 is 0 Å². The summed E-state index contributed by atoms with van der Waals surface area (Å²) in [5.41, 5.74) is 6.39. The minimum absolute atomic E-state index is 0.187. The largest absolute Gasteiger partial charge is 0.494 e. The van der Waals surface area contributed by atoms with Crippen molar-refractivity contribution >= 4 is 5.69 Å². The molecule has 0 spiro atoms. The Hall–Kier alpha value is -1.30. The van der Waals surface area contributed by atoms with E-state index in [2.05, 4.69) is 23.9 Å². The SMILES string of the molecule is CN(C)CC1CC(O)CN1CCCOc1ccc(N)cc1. The van der Waals surface area contributed by atoms with E-state index in [0.717, 1.165) is 43.9 Å². The van der Waals surface area contributed by atoms with E-state index >= 15 is 0 Å². The third kappa shape index (κ3) is 5.19. The van der Waals surface area contributed by atoms with Crippen LogP contribution >= 0.6 is 0 Å². The van der Waals surface area contributed by atoms with Gasteiger partial charge >= 0.3 is 0 Å². The van der Waals surface area contributed by atoms with Crippen molar-refractivity contribution < 1.29 is 9.84 Å². The molecule has 21 heavy (non-hydrogen) atoms. The van der Waals surface area contributed by atoms with Gasteiger partial charge in [-0.1, -0.05) is 0 Å². The highest BCUT2D eigenvalue weighted by Crippen LogP contribution is 2.19. The predicted molar refractivity (Wildman–Crippen MR) is 85.5 cm³/mol. The van der Waals surface area contributed by atoms with E-state index in [4.69, 9.17) is 10.5 Å². The molecule has 1 saturated heterocycles. The first-order chi connectivity index (χ1) is 10.0. The fraction of sp³-hybridized carbons (Fsp3) is 0.625. The molecule has 118 valence electrons. The predicted octanol–water partition coefficient (Wildman–Crippen LogP) is 1.03. The smallest absolute Gasteiger partial charge is 0.119 e. The topological polar surface area (TPSA) is 62.0 Å². The van der Waals surface area contributed by atoms with Gasteiger partial charge in [-0.15, -0.1) is 0 Å². The van der Waals surface area contributed by atoms with E-state index in [9.17, 15) is 5.11 Å². The van der Waals surface area contributed by atoms with Gasteiger partial charge in [0, 0.05) is 31.4 Å². The summed E-state index contributed by atoms with van der Waals surface area (Å²) in [6.45, 7) is 3.42. The van der Waals surface area contributed by atoms with Gasteiger partial charge in [-0.25, -0.2) is 0 Å². The van der Waals surface area contributed by atoms with Gasteiger partial charge in [0.25, 0.3) is 0 Å². The van der Waals surface area contributed by atoms with Crippen LogP contribution in [-0.2, 0) is 0 Å². The molecular formula is C16H27N3O2. The van der Waals surface area contributed by atoms with Gasteiger partial charge in [0.15, 0.2) is 0 Å². The van der Waals surface area contributed by atoms with Crippen molar-refractivity contribution in [1.82, 2.24) is 9.80 Å². The molecule has 0 amide bonds. The van der Waals surface area contributed by atoms with Crippen LogP contribution in [0, 0.1) is 0 Å². The van der Waals surface area contributed by atoms with Crippen LogP contribution in [0.4, 0.5) is 5.69 Å². The maximum absolute atomic E-state index is 9.84. The molecule has 5 nitrogen and oxygen atoms in total. The summed E-state index contributed by atoms with van der Waals surface area (Å²) in [4.78, 5) is 4.55. The first kappa shape index (κ1) is 16.1. The van der Waals surface area contributed by atoms with Crippen molar-refractivity contribution in [1.29, 1.82) is 0 Å². The summed E-state index contributed by atoms with van der Waals surface area (Å²) in [6.07, 6.45) is 1.64. The second-order valence-electron chi connectivity index (χ2n) is 6.07. The highest BCUT2D eigenvalue weighted by molar-refractivity contribution is 5.41. The minimum atomic E-state index is -0.187. The molecule has 1 aliphatic heterocycles. The maximum atomic E-state index is 9.84. The van der Waals surface area contributed by atoms with Crippen molar-refractivity contribution in [3.63, 3.8) is 0 Å². The first-order valence-corrected chi connectivity index (χ1v) is 7.60. The van der Waals surface area contributed by atoms with E-state index in [0.29, 0.717) is 12.6 Å². The molecule has 1 aromatic carbocycles. The van der Waals surface area contributed by atoms with E-state index in [1.165, 1.54) is 0 Å². The second-order valence-corrected chi connectivity index (χ2v) is 6.07. The number of aliphatic hydroxyl groups excluding tert-OH is 1. The standard InChI is InChI=1S/C16H27N3O2/c1-18(2)11-14-10-15(20)12-19(14)8-3-9-21-16-6-4-13(17)5-7-16/h4-7,14-15,20H,3,8-12,17H2,1-2H3. The van der Waals surface area contributed by atoms with Crippen molar-refractivity contribution in [2.45, 2.75) is 25.0 Å². The molecule has 1 fully saturated rings. The van der Waals surface area contributed by atoms with E-state index in [1.807, 2.05) is 24.3 Å². The Bertz CT molecular complexity index is 422. The Morgan fingerprint density at radius 1 is 1.33 bits per heavy atom. The summed E-state index contributed by atoms with van der Waals surface area (Å²) in [7, 11) is 4.15. The van der Waals surface area contributed by atoms with Crippen LogP contribution in [-0.4, -0.2) is 67.4 Å². The number of anilines is 1. The molecule has 0 aliphatic carbocycles. The zero-order chi connectivity index (χ0) is 15.2. The molecule has 1 aromatic rings. The third-order valence-corrected chi connectivity index (χ3v) is 3.82. The van der Waals surface area contributed by atoms with Gasteiger partial charge in [0.2, 0.25) is 0 Å². The molecule has 0 aromatic heterocycles. The number of nitrogen functional groups attached to an aromatic ring is 1. The lowest BCUT2D eigenvalue weighted by molar-refractivity contribution is 0.166. The molecule has 0 bridgehead atoms. The van der Waals surface area contributed by atoms with Gasteiger partial charge in [-0.2, -0.15) is 0 Å². The Balaban J connectivity index is 1.70. The van der Waals surface area contributed by atoms with Gasteiger partial charge in [-0.05, 0) is 51.2 Å². The van der Waals surface area contributed by atoms with Gasteiger partial charge in [-0.3, -0.25) is 4.90 Å². The molecule has 0 radical (unpaired) electrons. The van der Waals surface area contributed by atoms with Gasteiger partial charge in [0.05, 0.1) is 12.7 Å². The summed E-state index contributed by atoms with van der Waals surface area (Å²) < 4.78 is 5.71. The fourth-order valence-corrected chi connectivity index (χ4v) is 2.86. The summed E-state index contributed by atoms with van der Waals surface area (Å²) in [6, 6.07) is 7.93. The van der Waals surface area contributed by atoms with Crippen LogP contribution in [0.5, 0.6) is 5.75 Å². The Labute approximate surface area is 127 Å². The molecule has 0 saturated carbocycles. The summed E-state index contributed by atoms with van der Waals surface area (Å²) in [5, 5.41) is 9.84. The number of β-amino-alcohol motifs (C(OH)–C–C–N with tert-alkyl or cyclic N) is 1. The maximum Gasteiger partial charge on any atom is 0.119 e. The van der Waals surface area contributed by atoms with Crippen LogP contribution in [0.3, 0.4) is 0 Å². The quantitative estimate of drug-likeness (QED) is 0.581. The number of likely N-dealkylation sites (N-methyl/N-ethyl adjacent to an activating group) is 1. The van der Waals surface area contributed by atoms with Crippen LogP contribution in [0.25, 0.3) is 0 Å². The lowest BCUT2D eigenvalue weighted by Gasteiger charge is -2.26. The molecule has 1 aliphatic rings. The number of hydrogen-bond acceptors (Lipinski definition) is 5. The molecule has 3 N–H and O–H groups in total. The Morgan fingerprint density at radius 3 is 2.71 bits per heavy atom. The molecule has 2 atom stereocenters. The minimum Gasteiger partial charge on any atom is -0.494 e. The van der Waals surface area contributed by atoms with Crippen LogP contribution in [0.1, 0.15) is 12.8 Å². The summed E-state index contributed by atoms with van der Waals surface area (Å²) in [5.74, 6) is 0.857. The molecule has 5 heteroatoms. The number of nitrogens with two attached hydrogens (primary N) is 1. The average Bonchev–Trinajstić information content (AvgIpc) is 2.76. The monoisotopic (exact) mass is 293 g/mol. The zero-order valence-electron chi connectivity index (χ0n) is 13.0. The number of nitrogens with zero attached hydrogens (tertiary/aromatic N) is 2. The van der Waals surface area contributed by atoms with E-state index in [1.54, 1.807) is 0 Å². The number of ether oxygens (including phenoxy) is 1. The Kier molecular flexibility index (Phi) is 5.85. The Morgan fingerprint density at radius 2 is 2.05 bits per heavy atom. The van der Waals surface area contributed by atoms with Crippen molar-refractivity contribution in [3.05, 3.63) is 24.3 Å². The summed E-state index contributed by atoms with van der Waals surface area (Å²) >= 11 is 0. The molecule has 1 heterocycles. The fourth-order valence-electron chi connectivity index (χ4n) is 2.86. The highest BCUT2D eigenvalue weighted by Gasteiger charge is 2.30.